The number of para-hydroxylation sites is 1. The number of amides is 2. The molecule has 0 aliphatic carbocycles. The summed E-state index contributed by atoms with van der Waals surface area (Å²) >= 11 is 0. The molecule has 0 aromatic heterocycles. The molecular weight excluding hydrogens is 350 g/mol. The first-order valence-electron chi connectivity index (χ1n) is 10.2. The van der Waals surface area contributed by atoms with E-state index in [9.17, 15) is 9.59 Å². The highest BCUT2D eigenvalue weighted by atomic mass is 16.2. The Hall–Kier alpha value is -2.82. The van der Waals surface area contributed by atoms with E-state index in [1.54, 1.807) is 0 Å². The van der Waals surface area contributed by atoms with Crippen LogP contribution in [-0.4, -0.2) is 24.9 Å². The van der Waals surface area contributed by atoms with Crippen LogP contribution in [0.2, 0.25) is 0 Å². The highest BCUT2D eigenvalue weighted by Gasteiger charge is 2.15. The molecule has 2 N–H and O–H groups in total. The Morgan fingerprint density at radius 1 is 0.857 bits per heavy atom. The summed E-state index contributed by atoms with van der Waals surface area (Å²) in [5.74, 6) is -0.597. The van der Waals surface area contributed by atoms with Crippen molar-refractivity contribution in [1.82, 2.24) is 0 Å². The maximum atomic E-state index is 12.4. The smallest absolute Gasteiger partial charge is 0.233 e. The fourth-order valence-electron chi connectivity index (χ4n) is 3.67. The average molecular weight is 380 g/mol. The van der Waals surface area contributed by atoms with Gasteiger partial charge in [0.25, 0.3) is 0 Å². The summed E-state index contributed by atoms with van der Waals surface area (Å²) in [5, 5.41) is 5.75. The van der Waals surface area contributed by atoms with Gasteiger partial charge in [-0.25, -0.2) is 0 Å². The van der Waals surface area contributed by atoms with E-state index in [0.717, 1.165) is 42.7 Å². The van der Waals surface area contributed by atoms with E-state index in [0.29, 0.717) is 5.69 Å². The van der Waals surface area contributed by atoms with Gasteiger partial charge in [0.1, 0.15) is 6.42 Å². The first kappa shape index (κ1) is 19.9. The molecule has 148 valence electrons. The molecule has 0 unspecified atom stereocenters. The second-order valence-electron chi connectivity index (χ2n) is 7.17. The zero-order chi connectivity index (χ0) is 19.9. The lowest BCUT2D eigenvalue weighted by Crippen LogP contribution is -2.22. The molecule has 1 saturated heterocycles. The Labute approximate surface area is 167 Å². The van der Waals surface area contributed by atoms with E-state index < -0.39 is 0 Å². The Morgan fingerprint density at radius 3 is 2.00 bits per heavy atom. The van der Waals surface area contributed by atoms with Crippen LogP contribution in [0.4, 0.5) is 17.1 Å². The highest BCUT2D eigenvalue weighted by Crippen LogP contribution is 2.24. The number of rotatable bonds is 7. The first-order chi connectivity index (χ1) is 13.6. The number of hydrogen-bond acceptors (Lipinski definition) is 3. The van der Waals surface area contributed by atoms with Gasteiger partial charge in [0.15, 0.2) is 0 Å². The Kier molecular flexibility index (Phi) is 6.69. The van der Waals surface area contributed by atoms with Crippen molar-refractivity contribution in [3.05, 3.63) is 53.6 Å². The third kappa shape index (κ3) is 4.91. The van der Waals surface area contributed by atoms with E-state index in [4.69, 9.17) is 0 Å². The van der Waals surface area contributed by atoms with Crippen LogP contribution in [0, 0.1) is 0 Å². The summed E-state index contributed by atoms with van der Waals surface area (Å²) in [7, 11) is 0. The van der Waals surface area contributed by atoms with Gasteiger partial charge in [-0.2, -0.15) is 0 Å². The minimum absolute atomic E-state index is 0.199. The second kappa shape index (κ2) is 9.40. The molecule has 1 aliphatic rings. The molecule has 0 radical (unpaired) electrons. The molecular formula is C23H29N3O2. The number of aryl methyl sites for hydroxylation is 2. The summed E-state index contributed by atoms with van der Waals surface area (Å²) < 4.78 is 0. The van der Waals surface area contributed by atoms with Gasteiger partial charge >= 0.3 is 0 Å². The van der Waals surface area contributed by atoms with E-state index in [1.165, 1.54) is 18.5 Å². The quantitative estimate of drug-likeness (QED) is 0.702. The Balaban J connectivity index is 1.57. The minimum Gasteiger partial charge on any atom is -0.372 e. The van der Waals surface area contributed by atoms with Crippen LogP contribution >= 0.6 is 0 Å². The second-order valence-corrected chi connectivity index (χ2v) is 7.17. The third-order valence-electron chi connectivity index (χ3n) is 5.21. The van der Waals surface area contributed by atoms with Crippen molar-refractivity contribution < 1.29 is 9.59 Å². The van der Waals surface area contributed by atoms with E-state index in [2.05, 4.69) is 29.4 Å². The lowest BCUT2D eigenvalue weighted by atomic mass is 10.0. The van der Waals surface area contributed by atoms with Crippen LogP contribution in [0.15, 0.2) is 42.5 Å². The molecule has 5 nitrogen and oxygen atoms in total. The fourth-order valence-corrected chi connectivity index (χ4v) is 3.67. The Bertz CT molecular complexity index is 802. The van der Waals surface area contributed by atoms with Gasteiger partial charge in [0, 0.05) is 30.2 Å². The molecule has 2 aromatic rings. The predicted octanol–water partition coefficient (Wildman–Crippen LogP) is 4.38. The monoisotopic (exact) mass is 379 g/mol. The van der Waals surface area contributed by atoms with Gasteiger partial charge in [-0.05, 0) is 61.1 Å². The van der Waals surface area contributed by atoms with Gasteiger partial charge in [0.2, 0.25) is 11.8 Å². The van der Waals surface area contributed by atoms with Crippen molar-refractivity contribution in [3.8, 4) is 0 Å². The summed E-state index contributed by atoms with van der Waals surface area (Å²) in [5.41, 5.74) is 4.91. The van der Waals surface area contributed by atoms with Crippen molar-refractivity contribution in [2.24, 2.45) is 0 Å². The number of nitrogens with zero attached hydrogens (tertiary/aromatic N) is 1. The van der Waals surface area contributed by atoms with Gasteiger partial charge in [0.05, 0.1) is 0 Å². The van der Waals surface area contributed by atoms with Crippen molar-refractivity contribution in [2.75, 3.05) is 28.6 Å². The number of anilines is 3. The average Bonchev–Trinajstić information content (AvgIpc) is 3.23. The zero-order valence-electron chi connectivity index (χ0n) is 16.8. The van der Waals surface area contributed by atoms with Crippen LogP contribution in [-0.2, 0) is 22.4 Å². The molecule has 1 aliphatic heterocycles. The van der Waals surface area contributed by atoms with Crippen LogP contribution in [0.3, 0.4) is 0 Å². The largest absolute Gasteiger partial charge is 0.372 e. The third-order valence-corrected chi connectivity index (χ3v) is 5.21. The normalized spacial score (nSPS) is 13.4. The van der Waals surface area contributed by atoms with Crippen molar-refractivity contribution in [3.63, 3.8) is 0 Å². The molecule has 0 saturated carbocycles. The zero-order valence-corrected chi connectivity index (χ0v) is 16.8. The standard InChI is InChI=1S/C23H29N3O2/c1-3-17-8-7-9-18(4-2)23(17)25-22(28)16-21(27)24-19-10-12-20(13-11-19)26-14-5-6-15-26/h7-13H,3-6,14-16H2,1-2H3,(H,24,27)(H,25,28). The van der Waals surface area contributed by atoms with Crippen LogP contribution in [0.25, 0.3) is 0 Å². The summed E-state index contributed by atoms with van der Waals surface area (Å²) in [6.07, 6.45) is 3.93. The predicted molar refractivity (Wildman–Crippen MR) is 115 cm³/mol. The molecule has 0 atom stereocenters. The fraction of sp³-hybridized carbons (Fsp3) is 0.391. The maximum absolute atomic E-state index is 12.4. The number of hydrogen-bond donors (Lipinski definition) is 2. The van der Waals surface area contributed by atoms with E-state index in [-0.39, 0.29) is 18.2 Å². The molecule has 1 heterocycles. The van der Waals surface area contributed by atoms with E-state index in [1.807, 2.05) is 42.5 Å². The Morgan fingerprint density at radius 2 is 1.43 bits per heavy atom. The number of carbonyl (C=O) groups is 2. The summed E-state index contributed by atoms with van der Waals surface area (Å²) in [4.78, 5) is 27.0. The molecule has 5 heteroatoms. The van der Waals surface area contributed by atoms with Gasteiger partial charge < -0.3 is 15.5 Å². The van der Waals surface area contributed by atoms with Crippen LogP contribution in [0.5, 0.6) is 0 Å². The lowest BCUT2D eigenvalue weighted by molar-refractivity contribution is -0.123. The van der Waals surface area contributed by atoms with Gasteiger partial charge in [-0.1, -0.05) is 32.0 Å². The number of benzene rings is 2. The van der Waals surface area contributed by atoms with E-state index >= 15 is 0 Å². The SMILES string of the molecule is CCc1cccc(CC)c1NC(=O)CC(=O)Nc1ccc(N2CCCC2)cc1. The van der Waals surface area contributed by atoms with Crippen LogP contribution in [0.1, 0.15) is 44.2 Å². The molecule has 0 spiro atoms. The van der Waals surface area contributed by atoms with Gasteiger partial charge in [-0.15, -0.1) is 0 Å². The van der Waals surface area contributed by atoms with Gasteiger partial charge in [-0.3, -0.25) is 9.59 Å². The molecule has 1 fully saturated rings. The molecule has 2 aromatic carbocycles. The topological polar surface area (TPSA) is 61.4 Å². The highest BCUT2D eigenvalue weighted by molar-refractivity contribution is 6.08. The molecule has 0 bridgehead atoms. The summed E-state index contributed by atoms with van der Waals surface area (Å²) in [6.45, 7) is 6.29. The number of nitrogens with one attached hydrogen (secondary N) is 2. The summed E-state index contributed by atoms with van der Waals surface area (Å²) in [6, 6.07) is 13.9. The molecule has 28 heavy (non-hydrogen) atoms. The van der Waals surface area contributed by atoms with Crippen LogP contribution < -0.4 is 15.5 Å². The maximum Gasteiger partial charge on any atom is 0.233 e. The lowest BCUT2D eigenvalue weighted by Gasteiger charge is -2.18. The molecule has 2 amide bonds. The minimum atomic E-state index is -0.307. The van der Waals surface area contributed by atoms with Crippen molar-refractivity contribution in [1.29, 1.82) is 0 Å². The molecule has 3 rings (SSSR count). The van der Waals surface area contributed by atoms with Crippen molar-refractivity contribution >= 4 is 28.9 Å². The van der Waals surface area contributed by atoms with Crippen molar-refractivity contribution in [2.45, 2.75) is 46.0 Å². The first-order valence-corrected chi connectivity index (χ1v) is 10.2. The number of carbonyl (C=O) groups excluding carboxylic acids is 2.